The zero-order chi connectivity index (χ0) is 14.6. The van der Waals surface area contributed by atoms with Gasteiger partial charge in [0.05, 0.1) is 12.2 Å². The maximum absolute atomic E-state index is 12.8. The molecular formula is C15H22N2O4. The van der Waals surface area contributed by atoms with E-state index in [9.17, 15) is 14.7 Å². The summed E-state index contributed by atoms with van der Waals surface area (Å²) in [5, 5.41) is 9.56. The lowest BCUT2D eigenvalue weighted by Crippen LogP contribution is -2.54. The molecule has 4 aliphatic rings. The molecule has 0 radical (unpaired) electrons. The maximum atomic E-state index is 12.8. The Morgan fingerprint density at radius 3 is 2.38 bits per heavy atom. The van der Waals surface area contributed by atoms with Gasteiger partial charge in [0, 0.05) is 19.6 Å². The molecular weight excluding hydrogens is 272 g/mol. The summed E-state index contributed by atoms with van der Waals surface area (Å²) in [7, 11) is 0. The van der Waals surface area contributed by atoms with Gasteiger partial charge in [0.15, 0.2) is 0 Å². The summed E-state index contributed by atoms with van der Waals surface area (Å²) in [5.41, 5.74) is 0. The number of morpholine rings is 1. The smallest absolute Gasteiger partial charge is 0.326 e. The highest BCUT2D eigenvalue weighted by Gasteiger charge is 2.51. The fourth-order valence-corrected chi connectivity index (χ4v) is 4.77. The van der Waals surface area contributed by atoms with Gasteiger partial charge in [-0.25, -0.2) is 9.59 Å². The van der Waals surface area contributed by atoms with Crippen LogP contribution in [0, 0.1) is 11.8 Å². The molecule has 3 saturated heterocycles. The molecule has 0 aromatic rings. The molecule has 21 heavy (non-hydrogen) atoms. The van der Waals surface area contributed by atoms with E-state index in [1.165, 1.54) is 0 Å². The minimum atomic E-state index is -0.839. The first-order valence-corrected chi connectivity index (χ1v) is 8.07. The Morgan fingerprint density at radius 1 is 1.00 bits per heavy atom. The largest absolute Gasteiger partial charge is 0.480 e. The van der Waals surface area contributed by atoms with E-state index in [1.54, 1.807) is 4.90 Å². The normalized spacial score (nSPS) is 41.4. The fraction of sp³-hybridized carbons (Fsp3) is 0.867. The molecule has 1 N–H and O–H groups in total. The monoisotopic (exact) mass is 294 g/mol. The first-order valence-electron chi connectivity index (χ1n) is 8.07. The lowest BCUT2D eigenvalue weighted by Gasteiger charge is -2.36. The molecule has 4 rings (SSSR count). The summed E-state index contributed by atoms with van der Waals surface area (Å²) in [5.74, 6) is -0.300. The number of amides is 2. The lowest BCUT2D eigenvalue weighted by molar-refractivity contribution is -0.142. The van der Waals surface area contributed by atoms with Crippen LogP contribution in [0.15, 0.2) is 0 Å². The number of aliphatic carboxylic acids is 1. The van der Waals surface area contributed by atoms with Crippen molar-refractivity contribution in [1.29, 1.82) is 0 Å². The molecule has 3 heterocycles. The van der Waals surface area contributed by atoms with Gasteiger partial charge in [-0.3, -0.25) is 0 Å². The molecule has 2 amide bonds. The number of hydrogen-bond donors (Lipinski definition) is 1. The van der Waals surface area contributed by atoms with Gasteiger partial charge in [-0.15, -0.1) is 0 Å². The van der Waals surface area contributed by atoms with Crippen LogP contribution < -0.4 is 0 Å². The number of ether oxygens (including phenoxy) is 1. The number of nitrogens with zero attached hydrogens (tertiary/aromatic N) is 2. The molecule has 4 fully saturated rings. The number of rotatable bonds is 1. The zero-order valence-corrected chi connectivity index (χ0v) is 12.1. The molecule has 6 nitrogen and oxygen atoms in total. The van der Waals surface area contributed by atoms with Crippen LogP contribution in [0.25, 0.3) is 0 Å². The quantitative estimate of drug-likeness (QED) is 0.787. The highest BCUT2D eigenvalue weighted by molar-refractivity contribution is 5.84. The van der Waals surface area contributed by atoms with Crippen molar-refractivity contribution in [2.75, 3.05) is 19.6 Å². The molecule has 1 saturated carbocycles. The number of urea groups is 1. The molecule has 6 heteroatoms. The molecule has 1 aliphatic carbocycles. The van der Waals surface area contributed by atoms with Crippen LogP contribution in [0.5, 0.6) is 0 Å². The number of carboxylic acids is 1. The number of carboxylic acid groups (broad SMARTS) is 1. The molecule has 0 spiro atoms. The molecule has 0 aromatic heterocycles. The van der Waals surface area contributed by atoms with Crippen LogP contribution in [-0.2, 0) is 9.53 Å². The van der Waals surface area contributed by atoms with Crippen molar-refractivity contribution in [3.63, 3.8) is 0 Å². The minimum absolute atomic E-state index is 0.0861. The van der Waals surface area contributed by atoms with E-state index in [0.29, 0.717) is 25.6 Å². The maximum Gasteiger partial charge on any atom is 0.326 e. The van der Waals surface area contributed by atoms with Crippen molar-refractivity contribution in [2.45, 2.75) is 50.4 Å². The van der Waals surface area contributed by atoms with Crippen molar-refractivity contribution in [3.8, 4) is 0 Å². The second-order valence-electron chi connectivity index (χ2n) is 6.94. The average molecular weight is 294 g/mol. The van der Waals surface area contributed by atoms with Crippen LogP contribution in [0.1, 0.15) is 32.1 Å². The van der Waals surface area contributed by atoms with Gasteiger partial charge in [-0.2, -0.15) is 0 Å². The summed E-state index contributed by atoms with van der Waals surface area (Å²) < 4.78 is 5.76. The van der Waals surface area contributed by atoms with Crippen molar-refractivity contribution in [3.05, 3.63) is 0 Å². The summed E-state index contributed by atoms with van der Waals surface area (Å²) in [6, 6.07) is -0.706. The van der Waals surface area contributed by atoms with Crippen molar-refractivity contribution >= 4 is 12.0 Å². The second-order valence-corrected chi connectivity index (χ2v) is 6.94. The van der Waals surface area contributed by atoms with E-state index >= 15 is 0 Å². The number of carbonyl (C=O) groups is 2. The molecule has 2 bridgehead atoms. The van der Waals surface area contributed by atoms with Gasteiger partial charge in [-0.05, 0) is 37.5 Å². The van der Waals surface area contributed by atoms with Crippen LogP contribution >= 0.6 is 0 Å². The molecule has 116 valence electrons. The summed E-state index contributed by atoms with van der Waals surface area (Å²) >= 11 is 0. The third kappa shape index (κ3) is 2.11. The molecule has 3 aliphatic heterocycles. The third-order valence-corrected chi connectivity index (χ3v) is 5.70. The SMILES string of the molecule is O=C(O)C1C2CCCC2CN1C(=O)N1CC2CCC(C1)O2. The van der Waals surface area contributed by atoms with E-state index in [-0.39, 0.29) is 24.2 Å². The van der Waals surface area contributed by atoms with Crippen LogP contribution in [0.3, 0.4) is 0 Å². The van der Waals surface area contributed by atoms with Gasteiger partial charge >= 0.3 is 12.0 Å². The zero-order valence-electron chi connectivity index (χ0n) is 12.1. The lowest BCUT2D eigenvalue weighted by atomic mass is 9.94. The standard InChI is InChI=1S/C15H22N2O4/c18-14(19)13-12-3-1-2-9(12)6-17(13)15(20)16-7-10-4-5-11(8-16)21-10/h9-13H,1-8H2,(H,18,19). The van der Waals surface area contributed by atoms with Gasteiger partial charge in [0.2, 0.25) is 0 Å². The topological polar surface area (TPSA) is 70.1 Å². The Morgan fingerprint density at radius 2 is 1.71 bits per heavy atom. The fourth-order valence-electron chi connectivity index (χ4n) is 4.77. The van der Waals surface area contributed by atoms with E-state index in [2.05, 4.69) is 0 Å². The molecule has 5 atom stereocenters. The highest BCUT2D eigenvalue weighted by Crippen LogP contribution is 2.43. The van der Waals surface area contributed by atoms with Gasteiger partial charge in [-0.1, -0.05) is 6.42 Å². The average Bonchev–Trinajstić information content (AvgIpc) is 3.11. The summed E-state index contributed by atoms with van der Waals surface area (Å²) in [6.45, 7) is 1.86. The van der Waals surface area contributed by atoms with Crippen LogP contribution in [0.4, 0.5) is 4.79 Å². The van der Waals surface area contributed by atoms with E-state index in [1.807, 2.05) is 4.90 Å². The van der Waals surface area contributed by atoms with Crippen LogP contribution in [0.2, 0.25) is 0 Å². The van der Waals surface area contributed by atoms with Gasteiger partial charge < -0.3 is 19.6 Å². The number of hydrogen-bond acceptors (Lipinski definition) is 3. The Kier molecular flexibility index (Phi) is 3.10. The van der Waals surface area contributed by atoms with Crippen molar-refractivity contribution in [1.82, 2.24) is 9.80 Å². The number of carbonyl (C=O) groups excluding carboxylic acids is 1. The predicted molar refractivity (Wildman–Crippen MR) is 73.8 cm³/mol. The predicted octanol–water partition coefficient (Wildman–Crippen LogP) is 1.15. The minimum Gasteiger partial charge on any atom is -0.480 e. The highest BCUT2D eigenvalue weighted by atomic mass is 16.5. The van der Waals surface area contributed by atoms with Crippen LogP contribution in [-0.4, -0.2) is 64.8 Å². The Hall–Kier alpha value is -1.30. The van der Waals surface area contributed by atoms with E-state index in [4.69, 9.17) is 4.74 Å². The molecule has 0 aromatic carbocycles. The Balaban J connectivity index is 1.52. The number of fused-ring (bicyclic) bond motifs is 3. The second kappa shape index (κ2) is 4.87. The summed E-state index contributed by atoms with van der Waals surface area (Å²) in [4.78, 5) is 27.9. The Bertz CT molecular complexity index is 457. The molecule has 5 unspecified atom stereocenters. The van der Waals surface area contributed by atoms with Crippen molar-refractivity contribution < 1.29 is 19.4 Å². The van der Waals surface area contributed by atoms with E-state index < -0.39 is 12.0 Å². The van der Waals surface area contributed by atoms with Gasteiger partial charge in [0.1, 0.15) is 6.04 Å². The Labute approximate surface area is 124 Å². The number of likely N-dealkylation sites (tertiary alicyclic amines) is 2. The van der Waals surface area contributed by atoms with E-state index in [0.717, 1.165) is 32.1 Å². The van der Waals surface area contributed by atoms with Gasteiger partial charge in [0.25, 0.3) is 0 Å². The first-order chi connectivity index (χ1) is 10.1. The third-order valence-electron chi connectivity index (χ3n) is 5.70. The van der Waals surface area contributed by atoms with Crippen molar-refractivity contribution in [2.24, 2.45) is 11.8 Å². The summed E-state index contributed by atoms with van der Waals surface area (Å²) in [6.07, 6.45) is 5.44. The first kappa shape index (κ1) is 13.4.